The average Bonchev–Trinajstić information content (AvgIpc) is 2.56. The molecule has 0 radical (unpaired) electrons. The maximum Gasteiger partial charge on any atom is 0.167 e. The number of rotatable bonds is 4. The molecule has 0 saturated carbocycles. The second-order valence-electron chi connectivity index (χ2n) is 6.05. The standard InChI is InChI=1S/C18H22FN3/c1-13-21-12-17(19)18(22-13)16-4-2-3-15(11-16)6-5-14-7-9-20-10-8-14/h2-4,11-12,14,20H,5-10H2,1H3. The summed E-state index contributed by atoms with van der Waals surface area (Å²) in [6, 6.07) is 8.09. The summed E-state index contributed by atoms with van der Waals surface area (Å²) < 4.78 is 13.9. The lowest BCUT2D eigenvalue weighted by atomic mass is 9.91. The van der Waals surface area contributed by atoms with Crippen molar-refractivity contribution in [2.24, 2.45) is 5.92 Å². The van der Waals surface area contributed by atoms with Gasteiger partial charge in [0.2, 0.25) is 0 Å². The van der Waals surface area contributed by atoms with Crippen molar-refractivity contribution < 1.29 is 4.39 Å². The molecule has 1 aromatic heterocycles. The summed E-state index contributed by atoms with van der Waals surface area (Å²) in [4.78, 5) is 8.13. The molecule has 0 bridgehead atoms. The van der Waals surface area contributed by atoms with E-state index in [1.54, 1.807) is 6.92 Å². The van der Waals surface area contributed by atoms with E-state index in [1.807, 2.05) is 12.1 Å². The first kappa shape index (κ1) is 15.1. The smallest absolute Gasteiger partial charge is 0.167 e. The topological polar surface area (TPSA) is 37.8 Å². The Bertz CT molecular complexity index is 636. The van der Waals surface area contributed by atoms with Crippen molar-refractivity contribution in [2.75, 3.05) is 13.1 Å². The lowest BCUT2D eigenvalue weighted by molar-refractivity contribution is 0.354. The van der Waals surface area contributed by atoms with Crippen molar-refractivity contribution >= 4 is 0 Å². The first-order valence-electron chi connectivity index (χ1n) is 8.01. The van der Waals surface area contributed by atoms with Crippen LogP contribution in [0.5, 0.6) is 0 Å². The molecule has 3 nitrogen and oxygen atoms in total. The van der Waals surface area contributed by atoms with Crippen molar-refractivity contribution in [2.45, 2.75) is 32.6 Å². The molecule has 2 heterocycles. The Morgan fingerprint density at radius 1 is 1.27 bits per heavy atom. The molecule has 0 aliphatic carbocycles. The number of aryl methyl sites for hydroxylation is 2. The van der Waals surface area contributed by atoms with Crippen molar-refractivity contribution in [1.82, 2.24) is 15.3 Å². The second kappa shape index (κ2) is 6.97. The third-order valence-corrected chi connectivity index (χ3v) is 4.36. The van der Waals surface area contributed by atoms with Gasteiger partial charge in [0.05, 0.1) is 6.20 Å². The molecule has 1 aromatic carbocycles. The first-order valence-corrected chi connectivity index (χ1v) is 8.01. The summed E-state index contributed by atoms with van der Waals surface area (Å²) in [6.45, 7) is 4.05. The molecule has 1 saturated heterocycles. The lowest BCUT2D eigenvalue weighted by Gasteiger charge is -2.22. The molecule has 1 fully saturated rings. The zero-order valence-electron chi connectivity index (χ0n) is 13.0. The van der Waals surface area contributed by atoms with E-state index in [1.165, 1.54) is 31.0 Å². The largest absolute Gasteiger partial charge is 0.317 e. The normalized spacial score (nSPS) is 15.9. The maximum atomic E-state index is 13.9. The van der Waals surface area contributed by atoms with Crippen LogP contribution >= 0.6 is 0 Å². The zero-order chi connectivity index (χ0) is 15.4. The van der Waals surface area contributed by atoms with Gasteiger partial charge in [-0.25, -0.2) is 14.4 Å². The lowest BCUT2D eigenvalue weighted by Crippen LogP contribution is -2.27. The monoisotopic (exact) mass is 299 g/mol. The maximum absolute atomic E-state index is 13.9. The summed E-state index contributed by atoms with van der Waals surface area (Å²) >= 11 is 0. The summed E-state index contributed by atoms with van der Waals surface area (Å²) in [7, 11) is 0. The molecule has 1 aliphatic rings. The highest BCUT2D eigenvalue weighted by Gasteiger charge is 2.13. The number of nitrogens with one attached hydrogen (secondary N) is 1. The quantitative estimate of drug-likeness (QED) is 0.938. The van der Waals surface area contributed by atoms with Gasteiger partial charge in [0.1, 0.15) is 11.5 Å². The van der Waals surface area contributed by atoms with Gasteiger partial charge < -0.3 is 5.32 Å². The highest BCUT2D eigenvalue weighted by molar-refractivity contribution is 5.60. The molecule has 0 unspecified atom stereocenters. The Morgan fingerprint density at radius 2 is 2.09 bits per heavy atom. The van der Waals surface area contributed by atoms with E-state index in [0.29, 0.717) is 11.5 Å². The van der Waals surface area contributed by atoms with Gasteiger partial charge in [-0.1, -0.05) is 18.2 Å². The van der Waals surface area contributed by atoms with Crippen LogP contribution < -0.4 is 5.32 Å². The number of halogens is 1. The van der Waals surface area contributed by atoms with Crippen LogP contribution in [0, 0.1) is 18.7 Å². The Labute approximate surface area is 131 Å². The second-order valence-corrected chi connectivity index (χ2v) is 6.05. The predicted octanol–water partition coefficient (Wildman–Crippen LogP) is 3.52. The fourth-order valence-corrected chi connectivity index (χ4v) is 3.07. The SMILES string of the molecule is Cc1ncc(F)c(-c2cccc(CCC3CCNCC3)c2)n1. The van der Waals surface area contributed by atoms with Crippen LogP contribution in [0.4, 0.5) is 4.39 Å². The van der Waals surface area contributed by atoms with Gasteiger partial charge in [-0.05, 0) is 63.2 Å². The third kappa shape index (κ3) is 3.69. The molecule has 116 valence electrons. The minimum atomic E-state index is -0.360. The van der Waals surface area contributed by atoms with Crippen LogP contribution in [0.2, 0.25) is 0 Å². The summed E-state index contributed by atoms with van der Waals surface area (Å²) in [5, 5.41) is 3.40. The van der Waals surface area contributed by atoms with Gasteiger partial charge in [-0.15, -0.1) is 0 Å². The summed E-state index contributed by atoms with van der Waals surface area (Å²) in [5.74, 6) is 1.04. The first-order chi connectivity index (χ1) is 10.7. The zero-order valence-corrected chi connectivity index (χ0v) is 13.0. The molecule has 22 heavy (non-hydrogen) atoms. The van der Waals surface area contributed by atoms with E-state index in [4.69, 9.17) is 0 Å². The predicted molar refractivity (Wildman–Crippen MR) is 86.1 cm³/mol. The minimum absolute atomic E-state index is 0.360. The molecule has 4 heteroatoms. The van der Waals surface area contributed by atoms with E-state index in [9.17, 15) is 4.39 Å². The fourth-order valence-electron chi connectivity index (χ4n) is 3.07. The molecule has 1 N–H and O–H groups in total. The van der Waals surface area contributed by atoms with Crippen molar-refractivity contribution in [3.05, 3.63) is 47.7 Å². The molecule has 0 atom stereocenters. The third-order valence-electron chi connectivity index (χ3n) is 4.36. The highest BCUT2D eigenvalue weighted by atomic mass is 19.1. The van der Waals surface area contributed by atoms with Crippen molar-refractivity contribution in [3.8, 4) is 11.3 Å². The number of piperidine rings is 1. The molecule has 0 amide bonds. The summed E-state index contributed by atoms with van der Waals surface area (Å²) in [6.07, 6.45) is 6.03. The van der Waals surface area contributed by atoms with Crippen LogP contribution in [0.3, 0.4) is 0 Å². The molecule has 1 aliphatic heterocycles. The van der Waals surface area contributed by atoms with E-state index in [2.05, 4.69) is 27.4 Å². The van der Waals surface area contributed by atoms with Crippen molar-refractivity contribution in [3.63, 3.8) is 0 Å². The average molecular weight is 299 g/mol. The van der Waals surface area contributed by atoms with Gasteiger partial charge in [-0.2, -0.15) is 0 Å². The summed E-state index contributed by atoms with van der Waals surface area (Å²) in [5.41, 5.74) is 2.49. The number of nitrogens with zero attached hydrogens (tertiary/aromatic N) is 2. The number of aromatic nitrogens is 2. The van der Waals surface area contributed by atoms with Crippen LogP contribution in [-0.4, -0.2) is 23.1 Å². The van der Waals surface area contributed by atoms with Gasteiger partial charge in [0.15, 0.2) is 5.82 Å². The van der Waals surface area contributed by atoms with Gasteiger partial charge in [0.25, 0.3) is 0 Å². The fraction of sp³-hybridized carbons (Fsp3) is 0.444. The highest BCUT2D eigenvalue weighted by Crippen LogP contribution is 2.24. The van der Waals surface area contributed by atoms with Crippen LogP contribution in [0.15, 0.2) is 30.5 Å². The molecular formula is C18H22FN3. The Balaban J connectivity index is 1.73. The van der Waals surface area contributed by atoms with E-state index in [0.717, 1.165) is 31.0 Å². The van der Waals surface area contributed by atoms with E-state index < -0.39 is 0 Å². The molecule has 0 spiro atoms. The minimum Gasteiger partial charge on any atom is -0.317 e. The van der Waals surface area contributed by atoms with Gasteiger partial charge >= 0.3 is 0 Å². The molecule has 3 rings (SSSR count). The van der Waals surface area contributed by atoms with Crippen LogP contribution in [-0.2, 0) is 6.42 Å². The molecular weight excluding hydrogens is 277 g/mol. The van der Waals surface area contributed by atoms with Crippen LogP contribution in [0.25, 0.3) is 11.3 Å². The Hall–Kier alpha value is -1.81. The number of benzene rings is 1. The van der Waals surface area contributed by atoms with Crippen LogP contribution in [0.1, 0.15) is 30.7 Å². The van der Waals surface area contributed by atoms with E-state index >= 15 is 0 Å². The van der Waals surface area contributed by atoms with Gasteiger partial charge in [-0.3, -0.25) is 0 Å². The Kier molecular flexibility index (Phi) is 4.78. The number of hydrogen-bond acceptors (Lipinski definition) is 3. The van der Waals surface area contributed by atoms with Crippen molar-refractivity contribution in [1.29, 1.82) is 0 Å². The Morgan fingerprint density at radius 3 is 2.91 bits per heavy atom. The number of hydrogen-bond donors (Lipinski definition) is 1. The van der Waals surface area contributed by atoms with Gasteiger partial charge in [0, 0.05) is 5.56 Å². The van der Waals surface area contributed by atoms with E-state index in [-0.39, 0.29) is 5.82 Å². The molecule has 2 aromatic rings.